The minimum absolute atomic E-state index is 0.182. The molecular weight excluding hydrogens is 429 g/mol. The van der Waals surface area contributed by atoms with Crippen LogP contribution in [-0.2, 0) is 27.3 Å². The number of benzene rings is 2. The molecule has 1 heterocycles. The van der Waals surface area contributed by atoms with Gasteiger partial charge in [0.2, 0.25) is 5.89 Å². The molecule has 0 bridgehead atoms. The minimum Gasteiger partial charge on any atom is -0.496 e. The van der Waals surface area contributed by atoms with E-state index in [-0.39, 0.29) is 12.4 Å². The Kier molecular flexibility index (Phi) is 8.06. The summed E-state index contributed by atoms with van der Waals surface area (Å²) < 4.78 is 41.0. The Morgan fingerprint density at radius 3 is 2.61 bits per heavy atom. The second kappa shape index (κ2) is 11.0. The molecule has 3 aromatic rings. The molecule has 0 saturated carbocycles. The first-order valence-corrected chi connectivity index (χ1v) is 10.6. The lowest BCUT2D eigenvalue weighted by molar-refractivity contribution is -0.153. The Hall–Kier alpha value is -3.39. The van der Waals surface area contributed by atoms with Crippen molar-refractivity contribution in [2.24, 2.45) is 0 Å². The van der Waals surface area contributed by atoms with Gasteiger partial charge in [0.25, 0.3) is 0 Å². The number of halogens is 1. The predicted octanol–water partition coefficient (Wildman–Crippen LogP) is 4.81. The zero-order valence-corrected chi connectivity index (χ0v) is 19.4. The van der Waals surface area contributed by atoms with Crippen molar-refractivity contribution >= 4 is 5.97 Å². The Morgan fingerprint density at radius 1 is 1.15 bits per heavy atom. The van der Waals surface area contributed by atoms with Crippen molar-refractivity contribution in [3.63, 3.8) is 0 Å². The number of nitrogens with zero attached hydrogens (tertiary/aromatic N) is 1. The molecule has 33 heavy (non-hydrogen) atoms. The lowest BCUT2D eigenvalue weighted by Gasteiger charge is -2.17. The van der Waals surface area contributed by atoms with Crippen LogP contribution < -0.4 is 9.47 Å². The van der Waals surface area contributed by atoms with E-state index in [0.29, 0.717) is 53.0 Å². The normalized spacial score (nSPS) is 11.8. The summed E-state index contributed by atoms with van der Waals surface area (Å²) in [6.45, 7) is 5.88. The monoisotopic (exact) mass is 457 g/mol. The van der Waals surface area contributed by atoms with E-state index in [0.717, 1.165) is 5.56 Å². The first-order valence-electron chi connectivity index (χ1n) is 10.6. The van der Waals surface area contributed by atoms with Crippen LogP contribution in [0.2, 0.25) is 0 Å². The van der Waals surface area contributed by atoms with Crippen molar-refractivity contribution in [3.8, 4) is 23.0 Å². The van der Waals surface area contributed by atoms with Crippen molar-refractivity contribution in [2.45, 2.75) is 39.9 Å². The molecule has 7 nitrogen and oxygen atoms in total. The second-order valence-corrected chi connectivity index (χ2v) is 7.42. The van der Waals surface area contributed by atoms with Gasteiger partial charge >= 0.3 is 5.97 Å². The Bertz CT molecular complexity index is 1110. The Labute approximate surface area is 192 Å². The van der Waals surface area contributed by atoms with E-state index in [9.17, 15) is 9.18 Å². The second-order valence-electron chi connectivity index (χ2n) is 7.42. The first kappa shape index (κ1) is 24.3. The summed E-state index contributed by atoms with van der Waals surface area (Å²) in [5, 5.41) is 0. The van der Waals surface area contributed by atoms with Gasteiger partial charge in [-0.15, -0.1) is 0 Å². The molecule has 0 amide bonds. The van der Waals surface area contributed by atoms with Crippen LogP contribution in [-0.4, -0.2) is 37.9 Å². The van der Waals surface area contributed by atoms with E-state index < -0.39 is 12.1 Å². The standard InChI is InChI=1S/C25H28FNO6/c1-6-31-23(25(28)30-5)12-17-7-9-19(13-22(17)29-4)32-14-21-16(3)33-24(27-21)18-8-10-20(26)15(2)11-18/h7-11,13,23H,6,12,14H2,1-5H3. The van der Waals surface area contributed by atoms with Crippen molar-refractivity contribution < 1.29 is 32.5 Å². The number of oxazole rings is 1. The summed E-state index contributed by atoms with van der Waals surface area (Å²) in [7, 11) is 2.88. The van der Waals surface area contributed by atoms with Crippen LogP contribution in [0.4, 0.5) is 4.39 Å². The zero-order valence-electron chi connectivity index (χ0n) is 19.4. The van der Waals surface area contributed by atoms with E-state index >= 15 is 0 Å². The van der Waals surface area contributed by atoms with Crippen molar-refractivity contribution in [1.82, 2.24) is 4.98 Å². The number of esters is 1. The van der Waals surface area contributed by atoms with Gasteiger partial charge in [-0.05, 0) is 56.2 Å². The van der Waals surface area contributed by atoms with Crippen molar-refractivity contribution in [1.29, 1.82) is 0 Å². The average molecular weight is 457 g/mol. The predicted molar refractivity (Wildman–Crippen MR) is 120 cm³/mol. The number of carbonyl (C=O) groups is 1. The van der Waals surface area contributed by atoms with Gasteiger partial charge in [0.05, 0.1) is 14.2 Å². The molecule has 8 heteroatoms. The third kappa shape index (κ3) is 5.90. The van der Waals surface area contributed by atoms with Gasteiger partial charge in [-0.1, -0.05) is 6.07 Å². The maximum absolute atomic E-state index is 13.6. The summed E-state index contributed by atoms with van der Waals surface area (Å²) in [6.07, 6.45) is -0.403. The van der Waals surface area contributed by atoms with Crippen LogP contribution in [0.3, 0.4) is 0 Å². The van der Waals surface area contributed by atoms with Crippen molar-refractivity contribution in [3.05, 3.63) is 64.8 Å². The Morgan fingerprint density at radius 2 is 1.94 bits per heavy atom. The van der Waals surface area contributed by atoms with Gasteiger partial charge in [-0.25, -0.2) is 14.2 Å². The van der Waals surface area contributed by atoms with E-state index in [4.69, 9.17) is 23.4 Å². The maximum Gasteiger partial charge on any atom is 0.335 e. The molecule has 176 valence electrons. The molecule has 1 aromatic heterocycles. The highest BCUT2D eigenvalue weighted by atomic mass is 19.1. The molecule has 0 saturated heterocycles. The third-order valence-corrected chi connectivity index (χ3v) is 5.17. The van der Waals surface area contributed by atoms with Crippen molar-refractivity contribution in [2.75, 3.05) is 20.8 Å². The van der Waals surface area contributed by atoms with Crippen LogP contribution in [0.15, 0.2) is 40.8 Å². The van der Waals surface area contributed by atoms with Crippen LogP contribution >= 0.6 is 0 Å². The highest BCUT2D eigenvalue weighted by molar-refractivity contribution is 5.75. The minimum atomic E-state index is -0.716. The lowest BCUT2D eigenvalue weighted by Crippen LogP contribution is -2.28. The summed E-state index contributed by atoms with van der Waals surface area (Å²) in [5.41, 5.74) is 2.65. The molecule has 0 radical (unpaired) electrons. The quantitative estimate of drug-likeness (QED) is 0.404. The Balaban J connectivity index is 1.72. The fourth-order valence-electron chi connectivity index (χ4n) is 3.34. The highest BCUT2D eigenvalue weighted by Crippen LogP contribution is 2.28. The topological polar surface area (TPSA) is 80.0 Å². The van der Waals surface area contributed by atoms with Gasteiger partial charge in [-0.3, -0.25) is 0 Å². The van der Waals surface area contributed by atoms with E-state index in [1.165, 1.54) is 13.2 Å². The van der Waals surface area contributed by atoms with E-state index in [1.807, 2.05) is 13.0 Å². The largest absolute Gasteiger partial charge is 0.496 e. The number of hydrogen-bond donors (Lipinski definition) is 0. The molecule has 0 aliphatic carbocycles. The van der Waals surface area contributed by atoms with Gasteiger partial charge < -0.3 is 23.4 Å². The van der Waals surface area contributed by atoms with Gasteiger partial charge in [0.15, 0.2) is 6.10 Å². The summed E-state index contributed by atoms with van der Waals surface area (Å²) >= 11 is 0. The average Bonchev–Trinajstić information content (AvgIpc) is 3.19. The number of aromatic nitrogens is 1. The van der Waals surface area contributed by atoms with Gasteiger partial charge in [-0.2, -0.15) is 0 Å². The molecule has 2 aromatic carbocycles. The van der Waals surface area contributed by atoms with Gasteiger partial charge in [0.1, 0.15) is 35.4 Å². The molecule has 0 fully saturated rings. The third-order valence-electron chi connectivity index (χ3n) is 5.17. The number of methoxy groups -OCH3 is 2. The molecule has 1 unspecified atom stereocenters. The first-order chi connectivity index (χ1) is 15.9. The van der Waals surface area contributed by atoms with Crippen LogP contribution in [0, 0.1) is 19.7 Å². The number of aryl methyl sites for hydroxylation is 2. The zero-order chi connectivity index (χ0) is 24.0. The smallest absolute Gasteiger partial charge is 0.335 e. The number of carbonyl (C=O) groups excluding carboxylic acids is 1. The van der Waals surface area contributed by atoms with E-state index in [1.54, 1.807) is 45.2 Å². The van der Waals surface area contributed by atoms with Crippen LogP contribution in [0.1, 0.15) is 29.5 Å². The lowest BCUT2D eigenvalue weighted by atomic mass is 10.1. The van der Waals surface area contributed by atoms with Crippen LogP contribution in [0.25, 0.3) is 11.5 Å². The number of rotatable bonds is 10. The fourth-order valence-corrected chi connectivity index (χ4v) is 3.34. The maximum atomic E-state index is 13.6. The van der Waals surface area contributed by atoms with Crippen LogP contribution in [0.5, 0.6) is 11.5 Å². The summed E-state index contributed by atoms with van der Waals surface area (Å²) in [5.74, 6) is 1.46. The molecule has 0 N–H and O–H groups in total. The summed E-state index contributed by atoms with van der Waals surface area (Å²) in [4.78, 5) is 16.5. The molecule has 0 aliphatic heterocycles. The highest BCUT2D eigenvalue weighted by Gasteiger charge is 2.22. The molecular formula is C25H28FNO6. The number of hydrogen-bond acceptors (Lipinski definition) is 7. The summed E-state index contributed by atoms with van der Waals surface area (Å²) in [6, 6.07) is 10.1. The molecule has 0 spiro atoms. The fraction of sp³-hybridized carbons (Fsp3) is 0.360. The molecule has 0 aliphatic rings. The molecule has 3 rings (SSSR count). The van der Waals surface area contributed by atoms with E-state index in [2.05, 4.69) is 4.98 Å². The van der Waals surface area contributed by atoms with Gasteiger partial charge in [0, 0.05) is 24.7 Å². The molecule has 1 atom stereocenters. The number of ether oxygens (including phenoxy) is 4. The SMILES string of the molecule is CCOC(Cc1ccc(OCc2nc(-c3ccc(F)c(C)c3)oc2C)cc1OC)C(=O)OC.